The molecule has 3 heterocycles. The smallest absolute Gasteiger partial charge is 0.225 e. The van der Waals surface area contributed by atoms with Crippen molar-refractivity contribution in [3.63, 3.8) is 0 Å². The maximum Gasteiger partial charge on any atom is 0.225 e. The Kier molecular flexibility index (Phi) is 5.63. The van der Waals surface area contributed by atoms with Gasteiger partial charge in [0.2, 0.25) is 5.95 Å². The minimum atomic E-state index is -0.406. The summed E-state index contributed by atoms with van der Waals surface area (Å²) in [7, 11) is 4.09. The van der Waals surface area contributed by atoms with Gasteiger partial charge in [0.05, 0.1) is 31.7 Å². The number of ether oxygens (including phenoxy) is 2. The van der Waals surface area contributed by atoms with Gasteiger partial charge in [-0.15, -0.1) is 0 Å². The lowest BCUT2D eigenvalue weighted by Gasteiger charge is -2.50. The number of fused-ring (bicyclic) bond motifs is 1. The van der Waals surface area contributed by atoms with Gasteiger partial charge in [-0.25, -0.2) is 14.4 Å². The van der Waals surface area contributed by atoms with Gasteiger partial charge in [-0.1, -0.05) is 0 Å². The molecule has 2 saturated heterocycles. The average molecular weight is 338 g/mol. The first-order chi connectivity index (χ1) is 11.6. The molecule has 2 aliphatic rings. The van der Waals surface area contributed by atoms with Gasteiger partial charge in [0.15, 0.2) is 5.82 Å². The van der Waals surface area contributed by atoms with E-state index in [-0.39, 0.29) is 11.5 Å². The second-order valence-electron chi connectivity index (χ2n) is 7.09. The molecule has 0 aromatic carbocycles. The van der Waals surface area contributed by atoms with Crippen LogP contribution in [0.3, 0.4) is 0 Å². The molecule has 6 nitrogen and oxygen atoms in total. The molecule has 0 unspecified atom stereocenters. The maximum absolute atomic E-state index is 13.1. The van der Waals surface area contributed by atoms with Crippen molar-refractivity contribution in [2.75, 3.05) is 58.5 Å². The number of piperidine rings is 1. The molecule has 0 aliphatic carbocycles. The lowest BCUT2D eigenvalue weighted by molar-refractivity contribution is -0.125. The number of nitrogens with zero attached hydrogens (tertiary/aromatic N) is 4. The third kappa shape index (κ3) is 4.02. The van der Waals surface area contributed by atoms with Crippen molar-refractivity contribution in [2.24, 2.45) is 5.41 Å². The first-order valence-corrected chi connectivity index (χ1v) is 8.66. The number of halogens is 1. The predicted octanol–water partition coefficient (Wildman–Crippen LogP) is 1.57. The topological polar surface area (TPSA) is 50.7 Å². The molecule has 7 heteroatoms. The zero-order valence-electron chi connectivity index (χ0n) is 14.6. The molecule has 0 amide bonds. The van der Waals surface area contributed by atoms with E-state index in [0.717, 1.165) is 45.5 Å². The maximum atomic E-state index is 13.1. The standard InChI is InChI=1S/C17H27FN4O2/c1-21(2)7-9-23-13-17-5-3-8-24-15(17)4-6-22(12-17)16-19-10-14(18)11-20-16/h10-11,15H,3-9,12-13H2,1-2H3/t15-,17+/m1/s1. The van der Waals surface area contributed by atoms with Crippen LogP contribution >= 0.6 is 0 Å². The van der Waals surface area contributed by atoms with Gasteiger partial charge in [-0.2, -0.15) is 0 Å². The van der Waals surface area contributed by atoms with Crippen molar-refractivity contribution in [3.05, 3.63) is 18.2 Å². The van der Waals surface area contributed by atoms with Gasteiger partial charge >= 0.3 is 0 Å². The van der Waals surface area contributed by atoms with E-state index < -0.39 is 5.82 Å². The highest BCUT2D eigenvalue weighted by Gasteiger charge is 2.46. The molecule has 0 bridgehead atoms. The molecule has 2 fully saturated rings. The van der Waals surface area contributed by atoms with Crippen LogP contribution in [-0.2, 0) is 9.47 Å². The highest BCUT2D eigenvalue weighted by molar-refractivity contribution is 5.31. The van der Waals surface area contributed by atoms with Crippen LogP contribution in [0.2, 0.25) is 0 Å². The molecule has 0 saturated carbocycles. The quantitative estimate of drug-likeness (QED) is 0.734. The average Bonchev–Trinajstić information content (AvgIpc) is 2.59. The molecule has 0 radical (unpaired) electrons. The van der Waals surface area contributed by atoms with Crippen LogP contribution in [0.4, 0.5) is 10.3 Å². The third-order valence-corrected chi connectivity index (χ3v) is 4.95. The zero-order chi connectivity index (χ0) is 17.0. The van der Waals surface area contributed by atoms with E-state index >= 15 is 0 Å². The summed E-state index contributed by atoms with van der Waals surface area (Å²) in [4.78, 5) is 12.5. The van der Waals surface area contributed by atoms with Gasteiger partial charge in [0.25, 0.3) is 0 Å². The van der Waals surface area contributed by atoms with Crippen molar-refractivity contribution in [3.8, 4) is 0 Å². The van der Waals surface area contributed by atoms with E-state index in [1.807, 2.05) is 14.1 Å². The molecule has 1 aromatic rings. The van der Waals surface area contributed by atoms with Crippen LogP contribution in [0.25, 0.3) is 0 Å². The van der Waals surface area contributed by atoms with Crippen molar-refractivity contribution >= 4 is 5.95 Å². The largest absolute Gasteiger partial charge is 0.379 e. The van der Waals surface area contributed by atoms with E-state index in [4.69, 9.17) is 9.47 Å². The normalized spacial score (nSPS) is 27.3. The minimum Gasteiger partial charge on any atom is -0.379 e. The van der Waals surface area contributed by atoms with Crippen LogP contribution in [-0.4, -0.2) is 74.5 Å². The molecule has 2 aliphatic heterocycles. The van der Waals surface area contributed by atoms with Crippen LogP contribution < -0.4 is 4.90 Å². The van der Waals surface area contributed by atoms with E-state index in [0.29, 0.717) is 19.2 Å². The first kappa shape index (κ1) is 17.5. The minimum absolute atomic E-state index is 0.0272. The van der Waals surface area contributed by atoms with Crippen molar-refractivity contribution in [1.29, 1.82) is 0 Å². The van der Waals surface area contributed by atoms with Crippen molar-refractivity contribution in [2.45, 2.75) is 25.4 Å². The second kappa shape index (κ2) is 7.72. The summed E-state index contributed by atoms with van der Waals surface area (Å²) in [5.74, 6) is 0.185. The number of anilines is 1. The highest BCUT2D eigenvalue weighted by Crippen LogP contribution is 2.41. The highest BCUT2D eigenvalue weighted by atomic mass is 19.1. The van der Waals surface area contributed by atoms with E-state index in [2.05, 4.69) is 19.8 Å². The Morgan fingerprint density at radius 1 is 1.42 bits per heavy atom. The Hall–Kier alpha value is -1.31. The summed E-state index contributed by atoms with van der Waals surface area (Å²) in [6.45, 7) is 4.77. The summed E-state index contributed by atoms with van der Waals surface area (Å²) >= 11 is 0. The summed E-state index contributed by atoms with van der Waals surface area (Å²) in [6.07, 6.45) is 5.74. The Morgan fingerprint density at radius 3 is 2.96 bits per heavy atom. The summed E-state index contributed by atoms with van der Waals surface area (Å²) in [6, 6.07) is 0. The van der Waals surface area contributed by atoms with Gasteiger partial charge in [0, 0.05) is 31.7 Å². The molecule has 3 rings (SSSR count). The molecule has 0 spiro atoms. The molecule has 1 aromatic heterocycles. The van der Waals surface area contributed by atoms with Crippen LogP contribution in [0.5, 0.6) is 0 Å². The molecular weight excluding hydrogens is 311 g/mol. The monoisotopic (exact) mass is 338 g/mol. The predicted molar refractivity (Wildman–Crippen MR) is 89.6 cm³/mol. The summed E-state index contributed by atoms with van der Waals surface area (Å²) < 4.78 is 25.1. The Bertz CT molecular complexity index is 528. The Labute approximate surface area is 143 Å². The fraction of sp³-hybridized carbons (Fsp3) is 0.765. The fourth-order valence-electron chi connectivity index (χ4n) is 3.66. The zero-order valence-corrected chi connectivity index (χ0v) is 14.6. The molecule has 2 atom stereocenters. The number of hydrogen-bond acceptors (Lipinski definition) is 6. The third-order valence-electron chi connectivity index (χ3n) is 4.95. The number of hydrogen-bond donors (Lipinski definition) is 0. The summed E-state index contributed by atoms with van der Waals surface area (Å²) in [5, 5.41) is 0. The van der Waals surface area contributed by atoms with Gasteiger partial charge in [-0.05, 0) is 33.4 Å². The van der Waals surface area contributed by atoms with Gasteiger partial charge in [0.1, 0.15) is 0 Å². The Balaban J connectivity index is 1.68. The molecule has 134 valence electrons. The van der Waals surface area contributed by atoms with Crippen LogP contribution in [0.15, 0.2) is 12.4 Å². The Morgan fingerprint density at radius 2 is 2.21 bits per heavy atom. The lowest BCUT2D eigenvalue weighted by Crippen LogP contribution is -2.57. The van der Waals surface area contributed by atoms with E-state index in [1.54, 1.807) is 0 Å². The molecular formula is C17H27FN4O2. The van der Waals surface area contributed by atoms with Crippen molar-refractivity contribution in [1.82, 2.24) is 14.9 Å². The number of aromatic nitrogens is 2. The number of rotatable bonds is 6. The second-order valence-corrected chi connectivity index (χ2v) is 7.09. The lowest BCUT2D eigenvalue weighted by atomic mass is 9.73. The van der Waals surface area contributed by atoms with Crippen LogP contribution in [0.1, 0.15) is 19.3 Å². The van der Waals surface area contributed by atoms with E-state index in [1.165, 1.54) is 12.4 Å². The number of likely N-dealkylation sites (N-methyl/N-ethyl adjacent to an activating group) is 1. The molecule has 0 N–H and O–H groups in total. The van der Waals surface area contributed by atoms with Crippen molar-refractivity contribution < 1.29 is 13.9 Å². The van der Waals surface area contributed by atoms with Gasteiger partial charge < -0.3 is 19.3 Å². The fourth-order valence-corrected chi connectivity index (χ4v) is 3.66. The van der Waals surface area contributed by atoms with Crippen LogP contribution in [0, 0.1) is 11.2 Å². The first-order valence-electron chi connectivity index (χ1n) is 8.66. The van der Waals surface area contributed by atoms with Gasteiger partial charge in [-0.3, -0.25) is 0 Å². The summed E-state index contributed by atoms with van der Waals surface area (Å²) in [5.41, 5.74) is -0.0272. The van der Waals surface area contributed by atoms with E-state index in [9.17, 15) is 4.39 Å². The molecule has 24 heavy (non-hydrogen) atoms. The SMILES string of the molecule is CN(C)CCOC[C@@]12CCCO[C@@H]1CCN(c1ncc(F)cn1)C2.